The Labute approximate surface area is 135 Å². The van der Waals surface area contributed by atoms with E-state index in [1.54, 1.807) is 20.8 Å². The number of hydrogen-bond donors (Lipinski definition) is 1. The maximum Gasteiger partial charge on any atom is 0.516 e. The van der Waals surface area contributed by atoms with Crippen LogP contribution < -0.4 is 4.72 Å². The molecule has 1 aromatic rings. The van der Waals surface area contributed by atoms with Crippen molar-refractivity contribution < 1.29 is 26.4 Å². The second-order valence-corrected chi connectivity index (χ2v) is 7.93. The molecule has 0 aromatic heterocycles. The van der Waals surface area contributed by atoms with Gasteiger partial charge in [-0.1, -0.05) is 44.0 Å². The Kier molecular flexibility index (Phi) is 5.11. The Morgan fingerprint density at radius 1 is 1.14 bits per heavy atom. The van der Waals surface area contributed by atoms with Gasteiger partial charge in [0.15, 0.2) is 5.78 Å². The molecule has 0 aliphatic carbocycles. The Bertz CT molecular complexity index is 710. The largest absolute Gasteiger partial charge is 0.516 e. The smallest absolute Gasteiger partial charge is 0.294 e. The van der Waals surface area contributed by atoms with E-state index in [1.165, 1.54) is 10.8 Å². The molecule has 1 aromatic carbocycles. The van der Waals surface area contributed by atoms with Crippen LogP contribution in [0.25, 0.3) is 0 Å². The number of ketones is 1. The zero-order chi connectivity index (χ0) is 17.5. The summed E-state index contributed by atoms with van der Waals surface area (Å²) in [5.41, 5.74) is -7.18. The fourth-order valence-electron chi connectivity index (χ4n) is 1.44. The summed E-state index contributed by atoms with van der Waals surface area (Å²) in [6.45, 7) is 4.73. The van der Waals surface area contributed by atoms with Gasteiger partial charge in [-0.15, -0.1) is 0 Å². The van der Waals surface area contributed by atoms with Gasteiger partial charge in [0.2, 0.25) is 0 Å². The van der Waals surface area contributed by atoms with E-state index in [2.05, 4.69) is 0 Å². The molecule has 10 heteroatoms. The SMILES string of the molecule is CC(C)(C)C(=O)c1cc(Cl)cc(NS(=O)(=O)C(F)(F)F)c1Cl. The van der Waals surface area contributed by atoms with Crippen LogP contribution in [0.4, 0.5) is 18.9 Å². The van der Waals surface area contributed by atoms with Gasteiger partial charge in [0.05, 0.1) is 10.7 Å². The van der Waals surface area contributed by atoms with E-state index in [-0.39, 0.29) is 10.6 Å². The minimum absolute atomic E-state index is 0.128. The van der Waals surface area contributed by atoms with Gasteiger partial charge >= 0.3 is 15.5 Å². The number of sulfonamides is 1. The fraction of sp³-hybridized carbons (Fsp3) is 0.417. The summed E-state index contributed by atoms with van der Waals surface area (Å²) in [6, 6.07) is 2.06. The molecule has 1 rings (SSSR count). The Morgan fingerprint density at radius 3 is 2.05 bits per heavy atom. The van der Waals surface area contributed by atoms with Crippen molar-refractivity contribution in [3.63, 3.8) is 0 Å². The van der Waals surface area contributed by atoms with Crippen LogP contribution in [-0.2, 0) is 10.0 Å². The Morgan fingerprint density at radius 2 is 1.64 bits per heavy atom. The van der Waals surface area contributed by atoms with Crippen LogP contribution in [0, 0.1) is 5.41 Å². The fourth-order valence-corrected chi connectivity index (χ4v) is 2.52. The number of alkyl halides is 3. The van der Waals surface area contributed by atoms with Gasteiger partial charge in [0.1, 0.15) is 0 Å². The standard InChI is InChI=1S/C12H12Cl2F3NO3S/c1-11(2,3)10(19)7-4-6(13)5-8(9(7)14)18-22(20,21)12(15,16)17/h4-5,18H,1-3H3. The van der Waals surface area contributed by atoms with Crippen LogP contribution in [0.5, 0.6) is 0 Å². The number of Topliss-reactive ketones (excluding diaryl/α,β-unsaturated/α-hetero) is 1. The number of nitrogens with one attached hydrogen (secondary N) is 1. The molecule has 22 heavy (non-hydrogen) atoms. The topological polar surface area (TPSA) is 63.2 Å². The summed E-state index contributed by atoms with van der Waals surface area (Å²) < 4.78 is 60.8. The lowest BCUT2D eigenvalue weighted by molar-refractivity contribution is -0.0429. The molecule has 0 atom stereocenters. The molecule has 0 amide bonds. The number of hydrogen-bond acceptors (Lipinski definition) is 3. The van der Waals surface area contributed by atoms with Crippen molar-refractivity contribution in [1.82, 2.24) is 0 Å². The highest BCUT2D eigenvalue weighted by atomic mass is 35.5. The van der Waals surface area contributed by atoms with Gasteiger partial charge in [-0.25, -0.2) is 0 Å². The number of rotatable bonds is 3. The monoisotopic (exact) mass is 377 g/mol. The molecule has 0 bridgehead atoms. The third kappa shape index (κ3) is 4.05. The molecule has 4 nitrogen and oxygen atoms in total. The molecular formula is C12H12Cl2F3NO3S. The first-order valence-electron chi connectivity index (χ1n) is 5.80. The molecule has 0 saturated heterocycles. The summed E-state index contributed by atoms with van der Waals surface area (Å²) in [4.78, 5) is 12.2. The van der Waals surface area contributed by atoms with Crippen molar-refractivity contribution >= 4 is 44.7 Å². The van der Waals surface area contributed by atoms with E-state index in [0.717, 1.165) is 6.07 Å². The molecule has 0 radical (unpaired) electrons. The predicted octanol–water partition coefficient (Wildman–Crippen LogP) is 4.48. The van der Waals surface area contributed by atoms with Crippen LogP contribution in [0.15, 0.2) is 12.1 Å². The number of carbonyl (C=O) groups excluding carboxylic acids is 1. The van der Waals surface area contributed by atoms with Gasteiger partial charge in [0.25, 0.3) is 0 Å². The maximum absolute atomic E-state index is 12.4. The highest BCUT2D eigenvalue weighted by Gasteiger charge is 2.46. The molecule has 0 fully saturated rings. The van der Waals surface area contributed by atoms with Crippen molar-refractivity contribution in [2.24, 2.45) is 5.41 Å². The highest BCUT2D eigenvalue weighted by Crippen LogP contribution is 2.36. The van der Waals surface area contributed by atoms with Crippen molar-refractivity contribution in [3.05, 3.63) is 27.7 Å². The lowest BCUT2D eigenvalue weighted by Crippen LogP contribution is -2.30. The molecule has 0 spiro atoms. The van der Waals surface area contributed by atoms with Crippen LogP contribution >= 0.6 is 23.2 Å². The average molecular weight is 378 g/mol. The number of carbonyl (C=O) groups is 1. The van der Waals surface area contributed by atoms with Crippen molar-refractivity contribution in [2.75, 3.05) is 4.72 Å². The molecule has 1 N–H and O–H groups in total. The molecule has 0 heterocycles. The van der Waals surface area contributed by atoms with Crippen LogP contribution in [-0.4, -0.2) is 19.7 Å². The summed E-state index contributed by atoms with van der Waals surface area (Å²) in [5.74, 6) is -0.493. The molecular weight excluding hydrogens is 366 g/mol. The first-order chi connectivity index (χ1) is 9.67. The number of anilines is 1. The van der Waals surface area contributed by atoms with Gasteiger partial charge in [0, 0.05) is 16.0 Å². The Hall–Kier alpha value is -0.990. The normalized spacial score (nSPS) is 13.1. The first kappa shape index (κ1) is 19.1. The van der Waals surface area contributed by atoms with Crippen LogP contribution in [0.1, 0.15) is 31.1 Å². The van der Waals surface area contributed by atoms with Gasteiger partial charge < -0.3 is 0 Å². The molecule has 124 valence electrons. The third-order valence-electron chi connectivity index (χ3n) is 2.51. The summed E-state index contributed by atoms with van der Waals surface area (Å²) in [7, 11) is -5.67. The summed E-state index contributed by atoms with van der Waals surface area (Å²) in [6.07, 6.45) is 0. The summed E-state index contributed by atoms with van der Waals surface area (Å²) >= 11 is 11.6. The van der Waals surface area contributed by atoms with Crippen molar-refractivity contribution in [1.29, 1.82) is 0 Å². The van der Waals surface area contributed by atoms with E-state index in [9.17, 15) is 26.4 Å². The Balaban J connectivity index is 3.42. The first-order valence-corrected chi connectivity index (χ1v) is 8.03. The molecule has 0 aliphatic rings. The van der Waals surface area contributed by atoms with Gasteiger partial charge in [-0.3, -0.25) is 9.52 Å². The van der Waals surface area contributed by atoms with Crippen LogP contribution in [0.3, 0.4) is 0 Å². The zero-order valence-electron chi connectivity index (χ0n) is 11.7. The van der Waals surface area contributed by atoms with Gasteiger partial charge in [-0.05, 0) is 12.1 Å². The lowest BCUT2D eigenvalue weighted by Gasteiger charge is -2.19. The molecule has 0 saturated carbocycles. The maximum atomic E-state index is 12.4. The summed E-state index contributed by atoms with van der Waals surface area (Å²) in [5, 5.41) is -0.575. The van der Waals surface area contributed by atoms with E-state index in [4.69, 9.17) is 23.2 Å². The van der Waals surface area contributed by atoms with Crippen molar-refractivity contribution in [2.45, 2.75) is 26.3 Å². The van der Waals surface area contributed by atoms with E-state index in [0.29, 0.717) is 0 Å². The second kappa shape index (κ2) is 5.90. The van der Waals surface area contributed by atoms with E-state index in [1.807, 2.05) is 0 Å². The van der Waals surface area contributed by atoms with E-state index >= 15 is 0 Å². The second-order valence-electron chi connectivity index (χ2n) is 5.45. The number of halogens is 5. The zero-order valence-corrected chi connectivity index (χ0v) is 14.0. The molecule has 0 aliphatic heterocycles. The lowest BCUT2D eigenvalue weighted by atomic mass is 9.86. The van der Waals surface area contributed by atoms with Crippen molar-refractivity contribution in [3.8, 4) is 0 Å². The minimum Gasteiger partial charge on any atom is -0.294 e. The van der Waals surface area contributed by atoms with Gasteiger partial charge in [-0.2, -0.15) is 21.6 Å². The minimum atomic E-state index is -5.67. The molecule has 0 unspecified atom stereocenters. The number of benzene rings is 1. The van der Waals surface area contributed by atoms with E-state index < -0.39 is 37.4 Å². The predicted molar refractivity (Wildman–Crippen MR) is 78.8 cm³/mol. The third-order valence-corrected chi connectivity index (χ3v) is 4.24. The van der Waals surface area contributed by atoms with Crippen LogP contribution in [0.2, 0.25) is 10.0 Å². The average Bonchev–Trinajstić information content (AvgIpc) is 2.29. The quantitative estimate of drug-likeness (QED) is 0.789. The highest BCUT2D eigenvalue weighted by molar-refractivity contribution is 7.93.